The van der Waals surface area contributed by atoms with Gasteiger partial charge in [0.2, 0.25) is 11.8 Å². The number of aromatic nitrogens is 2. The molecular weight excluding hydrogens is 358 g/mol. The molecular formula is C18H16ClN3O2S. The molecule has 0 atom stereocenters. The molecule has 0 bridgehead atoms. The average molecular weight is 374 g/mol. The summed E-state index contributed by atoms with van der Waals surface area (Å²) in [5.41, 5.74) is 3.65. The second kappa shape index (κ2) is 7.72. The van der Waals surface area contributed by atoms with E-state index in [0.29, 0.717) is 21.8 Å². The van der Waals surface area contributed by atoms with Crippen LogP contribution < -0.4 is 5.32 Å². The first-order valence-corrected chi connectivity index (χ1v) is 8.97. The molecule has 7 heteroatoms. The number of thioether (sulfide) groups is 1. The van der Waals surface area contributed by atoms with Gasteiger partial charge in [0.05, 0.1) is 5.75 Å². The van der Waals surface area contributed by atoms with Gasteiger partial charge in [-0.2, -0.15) is 0 Å². The van der Waals surface area contributed by atoms with Crippen LogP contribution >= 0.6 is 23.4 Å². The number of amides is 1. The number of carbonyl (C=O) groups is 1. The number of halogens is 1. The van der Waals surface area contributed by atoms with E-state index in [1.165, 1.54) is 11.8 Å². The Bertz CT molecular complexity index is 894. The summed E-state index contributed by atoms with van der Waals surface area (Å²) in [6, 6.07) is 13.2. The van der Waals surface area contributed by atoms with Crippen LogP contribution in [0.25, 0.3) is 11.5 Å². The lowest BCUT2D eigenvalue weighted by molar-refractivity contribution is -0.113. The quantitative estimate of drug-likeness (QED) is 0.654. The molecule has 0 saturated heterocycles. The maximum atomic E-state index is 12.1. The number of anilines is 1. The molecule has 0 aliphatic heterocycles. The van der Waals surface area contributed by atoms with Gasteiger partial charge in [0.1, 0.15) is 0 Å². The molecule has 128 valence electrons. The Morgan fingerprint density at radius 3 is 2.68 bits per heavy atom. The maximum Gasteiger partial charge on any atom is 0.277 e. The highest BCUT2D eigenvalue weighted by Gasteiger charge is 2.12. The van der Waals surface area contributed by atoms with Crippen molar-refractivity contribution in [2.75, 3.05) is 11.1 Å². The van der Waals surface area contributed by atoms with Crippen molar-refractivity contribution in [3.8, 4) is 11.5 Å². The van der Waals surface area contributed by atoms with Crippen molar-refractivity contribution in [1.82, 2.24) is 10.2 Å². The van der Waals surface area contributed by atoms with Gasteiger partial charge in [-0.25, -0.2) is 0 Å². The first kappa shape index (κ1) is 17.5. The number of nitrogens with one attached hydrogen (secondary N) is 1. The first-order valence-electron chi connectivity index (χ1n) is 7.60. The lowest BCUT2D eigenvalue weighted by Gasteiger charge is -2.07. The third kappa shape index (κ3) is 4.61. The molecule has 2 aromatic carbocycles. The van der Waals surface area contributed by atoms with Crippen LogP contribution in [0.15, 0.2) is 52.1 Å². The van der Waals surface area contributed by atoms with Crippen LogP contribution in [0.5, 0.6) is 0 Å². The van der Waals surface area contributed by atoms with Gasteiger partial charge in [-0.15, -0.1) is 10.2 Å². The largest absolute Gasteiger partial charge is 0.411 e. The smallest absolute Gasteiger partial charge is 0.277 e. The molecule has 25 heavy (non-hydrogen) atoms. The molecule has 3 aromatic rings. The van der Waals surface area contributed by atoms with Crippen LogP contribution in [0, 0.1) is 13.8 Å². The van der Waals surface area contributed by atoms with Crippen LogP contribution in [0.4, 0.5) is 5.69 Å². The molecule has 0 spiro atoms. The second-order valence-corrected chi connectivity index (χ2v) is 6.90. The minimum absolute atomic E-state index is 0.162. The van der Waals surface area contributed by atoms with Crippen LogP contribution in [-0.2, 0) is 4.79 Å². The number of hydrogen-bond donors (Lipinski definition) is 1. The van der Waals surface area contributed by atoms with Crippen molar-refractivity contribution in [2.24, 2.45) is 0 Å². The van der Waals surface area contributed by atoms with Crippen molar-refractivity contribution >= 4 is 35.0 Å². The zero-order valence-corrected chi connectivity index (χ0v) is 15.3. The third-order valence-electron chi connectivity index (χ3n) is 3.51. The molecule has 0 fully saturated rings. The summed E-state index contributed by atoms with van der Waals surface area (Å²) >= 11 is 7.15. The Morgan fingerprint density at radius 2 is 1.92 bits per heavy atom. The standard InChI is InChI=1S/C18H16ClN3O2S/c1-11-3-6-13(7-4-11)17-21-22-18(24-17)25-10-16(23)20-15-9-14(19)8-5-12(15)2/h3-9H,10H2,1-2H3,(H,20,23). The lowest BCUT2D eigenvalue weighted by Crippen LogP contribution is -2.14. The SMILES string of the molecule is Cc1ccc(-c2nnc(SCC(=O)Nc3cc(Cl)ccc3C)o2)cc1. The Balaban J connectivity index is 1.59. The van der Waals surface area contributed by atoms with Crippen LogP contribution in [0.3, 0.4) is 0 Å². The highest BCUT2D eigenvalue weighted by Crippen LogP contribution is 2.24. The third-order valence-corrected chi connectivity index (χ3v) is 4.56. The lowest BCUT2D eigenvalue weighted by atomic mass is 10.1. The Morgan fingerprint density at radius 1 is 1.16 bits per heavy atom. The van der Waals surface area contributed by atoms with E-state index in [1.54, 1.807) is 12.1 Å². The Hall–Kier alpha value is -2.31. The van der Waals surface area contributed by atoms with E-state index in [9.17, 15) is 4.79 Å². The molecule has 3 rings (SSSR count). The monoisotopic (exact) mass is 373 g/mol. The average Bonchev–Trinajstić information content (AvgIpc) is 3.06. The Labute approximate surface area is 154 Å². The van der Waals surface area contributed by atoms with E-state index in [4.69, 9.17) is 16.0 Å². The molecule has 1 N–H and O–H groups in total. The summed E-state index contributed by atoms with van der Waals surface area (Å²) in [5.74, 6) is 0.445. The molecule has 0 aliphatic rings. The molecule has 1 amide bonds. The maximum absolute atomic E-state index is 12.1. The van der Waals surface area contributed by atoms with Crippen molar-refractivity contribution in [3.63, 3.8) is 0 Å². The zero-order valence-electron chi connectivity index (χ0n) is 13.7. The number of benzene rings is 2. The minimum atomic E-state index is -0.162. The number of carbonyl (C=O) groups excluding carboxylic acids is 1. The van der Waals surface area contributed by atoms with Gasteiger partial charge in [0, 0.05) is 16.3 Å². The van der Waals surface area contributed by atoms with E-state index in [1.807, 2.05) is 44.2 Å². The van der Waals surface area contributed by atoms with Crippen LogP contribution in [0.2, 0.25) is 5.02 Å². The first-order chi connectivity index (χ1) is 12.0. The van der Waals surface area contributed by atoms with Gasteiger partial charge >= 0.3 is 0 Å². The van der Waals surface area contributed by atoms with E-state index >= 15 is 0 Å². The molecule has 0 aliphatic carbocycles. The molecule has 0 saturated carbocycles. The van der Waals surface area contributed by atoms with Crippen LogP contribution in [0.1, 0.15) is 11.1 Å². The second-order valence-electron chi connectivity index (χ2n) is 5.54. The summed E-state index contributed by atoms with van der Waals surface area (Å²) in [7, 11) is 0. The zero-order chi connectivity index (χ0) is 17.8. The van der Waals surface area contributed by atoms with Gasteiger partial charge in [0.15, 0.2) is 0 Å². The minimum Gasteiger partial charge on any atom is -0.411 e. The normalized spacial score (nSPS) is 10.7. The van der Waals surface area contributed by atoms with Gasteiger partial charge in [-0.05, 0) is 43.7 Å². The fourth-order valence-corrected chi connectivity index (χ4v) is 2.86. The summed E-state index contributed by atoms with van der Waals surface area (Å²) in [6.07, 6.45) is 0. The van der Waals surface area contributed by atoms with Crippen molar-refractivity contribution in [3.05, 3.63) is 58.6 Å². The number of hydrogen-bond acceptors (Lipinski definition) is 5. The van der Waals surface area contributed by atoms with Crippen LogP contribution in [-0.4, -0.2) is 21.9 Å². The number of rotatable bonds is 5. The van der Waals surface area contributed by atoms with Gasteiger partial charge in [0.25, 0.3) is 5.22 Å². The summed E-state index contributed by atoms with van der Waals surface area (Å²) in [5, 5.41) is 11.8. The van der Waals surface area contributed by atoms with Crippen molar-refractivity contribution < 1.29 is 9.21 Å². The molecule has 0 radical (unpaired) electrons. The molecule has 1 heterocycles. The Kier molecular flexibility index (Phi) is 5.40. The highest BCUT2D eigenvalue weighted by atomic mass is 35.5. The van der Waals surface area contributed by atoms with E-state index < -0.39 is 0 Å². The summed E-state index contributed by atoms with van der Waals surface area (Å²) < 4.78 is 5.59. The fraction of sp³-hybridized carbons (Fsp3) is 0.167. The molecule has 5 nitrogen and oxygen atoms in total. The van der Waals surface area contributed by atoms with E-state index in [-0.39, 0.29) is 11.7 Å². The predicted octanol–water partition coefficient (Wildman–Crippen LogP) is 4.74. The number of aryl methyl sites for hydroxylation is 2. The molecule has 0 unspecified atom stereocenters. The highest BCUT2D eigenvalue weighted by molar-refractivity contribution is 7.99. The molecule has 1 aromatic heterocycles. The van der Waals surface area contributed by atoms with Gasteiger partial charge in [-0.3, -0.25) is 4.79 Å². The summed E-state index contributed by atoms with van der Waals surface area (Å²) in [4.78, 5) is 12.1. The van der Waals surface area contributed by atoms with Gasteiger partial charge < -0.3 is 9.73 Å². The summed E-state index contributed by atoms with van der Waals surface area (Å²) in [6.45, 7) is 3.92. The van der Waals surface area contributed by atoms with E-state index in [2.05, 4.69) is 15.5 Å². The topological polar surface area (TPSA) is 68.0 Å². The van der Waals surface area contributed by atoms with Gasteiger partial charge in [-0.1, -0.05) is 47.1 Å². The predicted molar refractivity (Wildman–Crippen MR) is 100 cm³/mol. The fourth-order valence-electron chi connectivity index (χ4n) is 2.12. The number of nitrogens with zero attached hydrogens (tertiary/aromatic N) is 2. The van der Waals surface area contributed by atoms with Crippen molar-refractivity contribution in [1.29, 1.82) is 0 Å². The van der Waals surface area contributed by atoms with E-state index in [0.717, 1.165) is 16.7 Å². The van der Waals surface area contributed by atoms with Crippen molar-refractivity contribution in [2.45, 2.75) is 19.1 Å².